The molecule has 176 valence electrons. The van der Waals surface area contributed by atoms with Crippen molar-refractivity contribution in [1.29, 1.82) is 0 Å². The molecule has 1 saturated heterocycles. The number of hydrogen-bond donors (Lipinski definition) is 1. The van der Waals surface area contributed by atoms with Gasteiger partial charge in [-0.3, -0.25) is 19.3 Å². The van der Waals surface area contributed by atoms with E-state index < -0.39 is 30.3 Å². The third kappa shape index (κ3) is 3.91. The lowest BCUT2D eigenvalue weighted by molar-refractivity contribution is -0.123. The molecule has 2 aliphatic carbocycles. The summed E-state index contributed by atoms with van der Waals surface area (Å²) < 4.78 is 5.99. The van der Waals surface area contributed by atoms with Gasteiger partial charge in [-0.25, -0.2) is 4.79 Å². The number of esters is 1. The number of amides is 3. The lowest BCUT2D eigenvalue weighted by Gasteiger charge is -2.28. The maximum absolute atomic E-state index is 13.2. The lowest BCUT2D eigenvalue weighted by Crippen LogP contribution is -2.37. The quantitative estimate of drug-likeness (QED) is 0.333. The molecule has 5 rings (SSSR count). The predicted octanol–water partition coefficient (Wildman–Crippen LogP) is 4.21. The summed E-state index contributed by atoms with van der Waals surface area (Å²) >= 11 is 16.1. The summed E-state index contributed by atoms with van der Waals surface area (Å²) in [6, 6.07) is 13.0. The number of imide groups is 1. The second-order valence-corrected chi connectivity index (χ2v) is 10.6. The molecule has 34 heavy (non-hydrogen) atoms. The van der Waals surface area contributed by atoms with Gasteiger partial charge >= 0.3 is 5.97 Å². The first kappa shape index (κ1) is 23.3. The monoisotopic (exact) mass is 564 g/mol. The summed E-state index contributed by atoms with van der Waals surface area (Å²) in [7, 11) is 0. The van der Waals surface area contributed by atoms with Gasteiger partial charge in [0.05, 0.1) is 33.8 Å². The third-order valence-corrected chi connectivity index (χ3v) is 8.64. The van der Waals surface area contributed by atoms with Crippen LogP contribution in [0, 0.1) is 23.7 Å². The Morgan fingerprint density at radius 2 is 1.62 bits per heavy atom. The van der Waals surface area contributed by atoms with E-state index in [0.717, 1.165) is 9.37 Å². The van der Waals surface area contributed by atoms with Crippen LogP contribution in [0.3, 0.4) is 0 Å². The molecule has 10 heteroatoms. The first-order chi connectivity index (χ1) is 16.3. The highest BCUT2D eigenvalue weighted by atomic mass is 79.9. The molecule has 2 aromatic rings. The van der Waals surface area contributed by atoms with Gasteiger partial charge in [-0.15, -0.1) is 23.2 Å². The van der Waals surface area contributed by atoms with E-state index in [0.29, 0.717) is 12.1 Å². The summed E-state index contributed by atoms with van der Waals surface area (Å²) in [6.07, 6.45) is 0.678. The van der Waals surface area contributed by atoms with Gasteiger partial charge in [0.15, 0.2) is 6.61 Å². The molecule has 7 nitrogen and oxygen atoms in total. The smallest absolute Gasteiger partial charge is 0.338 e. The third-order valence-electron chi connectivity index (χ3n) is 6.79. The van der Waals surface area contributed by atoms with Crippen molar-refractivity contribution < 1.29 is 23.9 Å². The van der Waals surface area contributed by atoms with Gasteiger partial charge < -0.3 is 10.1 Å². The number of carbonyl (C=O) groups is 4. The molecule has 3 aliphatic rings. The fourth-order valence-corrected chi connectivity index (χ4v) is 6.48. The number of nitrogens with one attached hydrogen (secondary N) is 1. The fraction of sp³-hybridized carbons (Fsp3) is 0.333. The predicted molar refractivity (Wildman–Crippen MR) is 130 cm³/mol. The molecule has 6 atom stereocenters. The Bertz CT molecular complexity index is 1160. The van der Waals surface area contributed by atoms with E-state index in [2.05, 4.69) is 21.2 Å². The highest BCUT2D eigenvalue weighted by Gasteiger charge is 2.66. The standard InChI is InChI=1S/C24H19BrCl2N2O5/c25-12-4-6-13(7-5-12)28-17(30)10-34-24(33)11-2-1-3-14(8-11)29-22(31)18-15-9-16(19(18)23(29)32)21(27)20(15)26/h1-8,15-16,18-21H,9-10H2,(H,28,30)/t15-,16-,18-,19-,20-,21+/m1/s1. The maximum atomic E-state index is 13.2. The van der Waals surface area contributed by atoms with Crippen LogP contribution in [0.5, 0.6) is 0 Å². The average Bonchev–Trinajstić information content (AvgIpc) is 3.44. The van der Waals surface area contributed by atoms with Crippen molar-refractivity contribution in [3.05, 3.63) is 58.6 Å². The molecule has 3 fully saturated rings. The molecule has 0 unspecified atom stereocenters. The topological polar surface area (TPSA) is 92.8 Å². The number of alkyl halides is 2. The minimum atomic E-state index is -0.742. The van der Waals surface area contributed by atoms with Crippen molar-refractivity contribution in [3.8, 4) is 0 Å². The molecule has 1 aliphatic heterocycles. The van der Waals surface area contributed by atoms with Crippen molar-refractivity contribution in [2.24, 2.45) is 23.7 Å². The Balaban J connectivity index is 1.26. The Morgan fingerprint density at radius 3 is 2.24 bits per heavy atom. The minimum absolute atomic E-state index is 0.125. The van der Waals surface area contributed by atoms with Crippen molar-refractivity contribution >= 4 is 74.2 Å². The number of benzene rings is 2. The van der Waals surface area contributed by atoms with Crippen molar-refractivity contribution in [1.82, 2.24) is 0 Å². The zero-order valence-electron chi connectivity index (χ0n) is 17.6. The van der Waals surface area contributed by atoms with Crippen LogP contribution in [0.25, 0.3) is 0 Å². The number of hydrogen-bond acceptors (Lipinski definition) is 5. The van der Waals surface area contributed by atoms with E-state index in [4.69, 9.17) is 27.9 Å². The van der Waals surface area contributed by atoms with E-state index in [1.807, 2.05) is 0 Å². The lowest BCUT2D eigenvalue weighted by atomic mass is 9.80. The van der Waals surface area contributed by atoms with Gasteiger partial charge in [-0.2, -0.15) is 0 Å². The second kappa shape index (κ2) is 8.98. The first-order valence-corrected chi connectivity index (χ1v) is 12.4. The van der Waals surface area contributed by atoms with Crippen LogP contribution < -0.4 is 10.2 Å². The Morgan fingerprint density at radius 1 is 1.00 bits per heavy atom. The van der Waals surface area contributed by atoms with E-state index in [9.17, 15) is 19.2 Å². The molecule has 2 saturated carbocycles. The number of rotatable bonds is 5. The van der Waals surface area contributed by atoms with E-state index in [1.165, 1.54) is 12.1 Å². The van der Waals surface area contributed by atoms with Crippen LogP contribution >= 0.6 is 39.1 Å². The van der Waals surface area contributed by atoms with E-state index in [-0.39, 0.29) is 45.7 Å². The Kier molecular flexibility index (Phi) is 6.16. The Labute approximate surface area is 213 Å². The molecule has 0 spiro atoms. The van der Waals surface area contributed by atoms with E-state index >= 15 is 0 Å². The van der Waals surface area contributed by atoms with Crippen LogP contribution in [0.4, 0.5) is 11.4 Å². The number of halogens is 3. The van der Waals surface area contributed by atoms with Gasteiger partial charge in [0.25, 0.3) is 5.91 Å². The van der Waals surface area contributed by atoms with Crippen LogP contribution in [-0.4, -0.2) is 41.1 Å². The molecule has 0 radical (unpaired) electrons. The number of ether oxygens (including phenoxy) is 1. The number of nitrogens with zero attached hydrogens (tertiary/aromatic N) is 1. The fourth-order valence-electron chi connectivity index (χ4n) is 5.32. The zero-order chi connectivity index (χ0) is 24.1. The molecular weight excluding hydrogens is 547 g/mol. The molecule has 2 aromatic carbocycles. The summed E-state index contributed by atoms with van der Waals surface area (Å²) in [5, 5.41) is 1.95. The Hall–Kier alpha value is -2.42. The summed E-state index contributed by atoms with van der Waals surface area (Å²) in [4.78, 5) is 52.1. The number of carbonyl (C=O) groups excluding carboxylic acids is 4. The van der Waals surface area contributed by atoms with Crippen molar-refractivity contribution in [2.75, 3.05) is 16.8 Å². The molecule has 0 aromatic heterocycles. The molecule has 2 bridgehead atoms. The maximum Gasteiger partial charge on any atom is 0.338 e. The number of fused-ring (bicyclic) bond motifs is 5. The minimum Gasteiger partial charge on any atom is -0.452 e. The molecule has 1 heterocycles. The van der Waals surface area contributed by atoms with Crippen LogP contribution in [0.1, 0.15) is 16.8 Å². The van der Waals surface area contributed by atoms with Gasteiger partial charge in [0.2, 0.25) is 11.8 Å². The van der Waals surface area contributed by atoms with Gasteiger partial charge in [-0.05, 0) is 60.7 Å². The molecule has 1 N–H and O–H groups in total. The van der Waals surface area contributed by atoms with Crippen LogP contribution in [0.2, 0.25) is 0 Å². The molecule has 3 amide bonds. The summed E-state index contributed by atoms with van der Waals surface area (Å²) in [5.41, 5.74) is 0.977. The van der Waals surface area contributed by atoms with Gasteiger partial charge in [0, 0.05) is 10.2 Å². The van der Waals surface area contributed by atoms with Crippen LogP contribution in [-0.2, 0) is 19.1 Å². The average molecular weight is 566 g/mol. The van der Waals surface area contributed by atoms with Crippen molar-refractivity contribution in [3.63, 3.8) is 0 Å². The molecular formula is C24H19BrCl2N2O5. The number of anilines is 2. The highest BCUT2D eigenvalue weighted by Crippen LogP contribution is 2.59. The summed E-state index contributed by atoms with van der Waals surface area (Å²) in [5.74, 6) is -3.07. The normalized spacial score (nSPS) is 29.3. The van der Waals surface area contributed by atoms with Crippen molar-refractivity contribution in [2.45, 2.75) is 17.2 Å². The van der Waals surface area contributed by atoms with Gasteiger partial charge in [-0.1, -0.05) is 22.0 Å². The van der Waals surface area contributed by atoms with E-state index in [1.54, 1.807) is 36.4 Å². The zero-order valence-corrected chi connectivity index (χ0v) is 20.7. The largest absolute Gasteiger partial charge is 0.452 e. The second-order valence-electron chi connectivity index (χ2n) is 8.70. The SMILES string of the molecule is O=C(COC(=O)c1cccc(N2C(=O)[C@@H]3[C@H]4C[C@@H]([C@@H](Cl)[C@H]4Cl)[C@H]3C2=O)c1)Nc1ccc(Br)cc1. The van der Waals surface area contributed by atoms with Gasteiger partial charge in [0.1, 0.15) is 0 Å². The summed E-state index contributed by atoms with van der Waals surface area (Å²) in [6.45, 7) is -0.484. The van der Waals surface area contributed by atoms with Crippen LogP contribution in [0.15, 0.2) is 53.0 Å². The highest BCUT2D eigenvalue weighted by molar-refractivity contribution is 9.10. The first-order valence-electron chi connectivity index (χ1n) is 10.7.